The molecule has 3 rings (SSSR count). The Kier molecular flexibility index (Phi) is 0.971. The van der Waals surface area contributed by atoms with Gasteiger partial charge in [0.1, 0.15) is 5.54 Å². The Morgan fingerprint density at radius 3 is 2.08 bits per heavy atom. The molecule has 1 saturated heterocycles. The zero-order valence-corrected chi connectivity index (χ0v) is 7.05. The first kappa shape index (κ1) is 6.89. The average molecular weight is 167 g/mol. The molecule has 1 N–H and O–H groups in total. The lowest BCUT2D eigenvalue weighted by Crippen LogP contribution is -2.57. The van der Waals surface area contributed by atoms with Crippen molar-refractivity contribution < 1.29 is 9.90 Å². The van der Waals surface area contributed by atoms with E-state index in [0.29, 0.717) is 5.41 Å². The highest BCUT2D eigenvalue weighted by Crippen LogP contribution is 2.58. The van der Waals surface area contributed by atoms with Gasteiger partial charge in [-0.15, -0.1) is 0 Å². The second-order valence-electron chi connectivity index (χ2n) is 4.69. The molecular weight excluding hydrogens is 154 g/mol. The number of carbonyl (C=O) groups is 1. The summed E-state index contributed by atoms with van der Waals surface area (Å²) in [6.07, 6.45) is 4.41. The number of nitrogens with zero attached hydrogens (tertiary/aromatic N) is 1. The molecule has 0 aromatic rings. The lowest BCUT2D eigenvalue weighted by molar-refractivity contribution is -0.149. The number of hydrogen-bond donors (Lipinski definition) is 1. The summed E-state index contributed by atoms with van der Waals surface area (Å²) in [6.45, 7) is 2.11. The van der Waals surface area contributed by atoms with Gasteiger partial charge in [-0.3, -0.25) is 9.69 Å². The van der Waals surface area contributed by atoms with E-state index in [1.54, 1.807) is 0 Å². The van der Waals surface area contributed by atoms with Crippen molar-refractivity contribution in [2.24, 2.45) is 5.41 Å². The summed E-state index contributed by atoms with van der Waals surface area (Å²) in [4.78, 5) is 13.1. The predicted molar refractivity (Wildman–Crippen MR) is 42.8 cm³/mol. The van der Waals surface area contributed by atoms with Gasteiger partial charge in [-0.1, -0.05) is 0 Å². The molecule has 3 aliphatic rings. The van der Waals surface area contributed by atoms with E-state index in [2.05, 4.69) is 4.90 Å². The minimum atomic E-state index is -0.599. The van der Waals surface area contributed by atoms with Crippen molar-refractivity contribution in [3.05, 3.63) is 0 Å². The molecule has 0 aromatic carbocycles. The minimum absolute atomic E-state index is 0.409. The third kappa shape index (κ3) is 0.678. The molecule has 3 fully saturated rings. The molecule has 12 heavy (non-hydrogen) atoms. The summed E-state index contributed by atoms with van der Waals surface area (Å²) in [5.41, 5.74) is 0.179. The summed E-state index contributed by atoms with van der Waals surface area (Å²) in [7, 11) is 0. The molecule has 1 aliphatic heterocycles. The van der Waals surface area contributed by atoms with Gasteiger partial charge in [0.05, 0.1) is 0 Å². The van der Waals surface area contributed by atoms with Crippen LogP contribution >= 0.6 is 0 Å². The molecule has 1 heterocycles. The van der Waals surface area contributed by atoms with Crippen LogP contribution < -0.4 is 0 Å². The van der Waals surface area contributed by atoms with Gasteiger partial charge in [0.25, 0.3) is 0 Å². The standard InChI is InChI=1S/C9H13NO2/c11-7(12)9(3-4-9)10-5-8(6-10)1-2-8/h1-6H2,(H,11,12). The second-order valence-corrected chi connectivity index (χ2v) is 4.69. The SMILES string of the molecule is O=C(O)C1(N2CC3(CC3)C2)CC1. The number of hydrogen-bond acceptors (Lipinski definition) is 2. The minimum Gasteiger partial charge on any atom is -0.480 e. The number of likely N-dealkylation sites (tertiary alicyclic amines) is 1. The first-order chi connectivity index (χ1) is 5.67. The highest BCUT2D eigenvalue weighted by molar-refractivity contribution is 5.82. The van der Waals surface area contributed by atoms with Gasteiger partial charge in [-0.05, 0) is 31.1 Å². The van der Waals surface area contributed by atoms with E-state index in [0.717, 1.165) is 25.9 Å². The van der Waals surface area contributed by atoms with Crippen LogP contribution in [0.25, 0.3) is 0 Å². The lowest BCUT2D eigenvalue weighted by atomic mass is 9.93. The molecule has 2 saturated carbocycles. The molecule has 0 unspecified atom stereocenters. The Morgan fingerprint density at radius 2 is 1.75 bits per heavy atom. The van der Waals surface area contributed by atoms with Gasteiger partial charge < -0.3 is 5.11 Å². The monoisotopic (exact) mass is 167 g/mol. The predicted octanol–water partition coefficient (Wildman–Crippen LogP) is 0.699. The third-order valence-electron chi connectivity index (χ3n) is 3.74. The maximum absolute atomic E-state index is 10.9. The number of aliphatic carboxylic acids is 1. The molecule has 0 bridgehead atoms. The van der Waals surface area contributed by atoms with Crippen molar-refractivity contribution in [1.82, 2.24) is 4.90 Å². The summed E-state index contributed by atoms with van der Waals surface area (Å²) in [5, 5.41) is 8.99. The van der Waals surface area contributed by atoms with E-state index in [-0.39, 0.29) is 0 Å². The van der Waals surface area contributed by atoms with E-state index in [1.165, 1.54) is 12.8 Å². The van der Waals surface area contributed by atoms with Gasteiger partial charge in [0.15, 0.2) is 0 Å². The highest BCUT2D eigenvalue weighted by atomic mass is 16.4. The van der Waals surface area contributed by atoms with Crippen LogP contribution in [0, 0.1) is 5.41 Å². The van der Waals surface area contributed by atoms with Gasteiger partial charge in [0.2, 0.25) is 0 Å². The quantitative estimate of drug-likeness (QED) is 0.658. The zero-order valence-electron chi connectivity index (χ0n) is 7.05. The first-order valence-electron chi connectivity index (χ1n) is 4.66. The maximum atomic E-state index is 10.9. The zero-order chi connectivity index (χ0) is 8.40. The summed E-state index contributed by atoms with van der Waals surface area (Å²) >= 11 is 0. The second kappa shape index (κ2) is 1.69. The molecule has 3 heteroatoms. The Morgan fingerprint density at radius 1 is 1.17 bits per heavy atom. The molecule has 2 aliphatic carbocycles. The van der Waals surface area contributed by atoms with E-state index < -0.39 is 11.5 Å². The average Bonchev–Trinajstić information content (AvgIpc) is 2.80. The van der Waals surface area contributed by atoms with Crippen molar-refractivity contribution >= 4 is 5.97 Å². The molecule has 0 radical (unpaired) electrons. The Hall–Kier alpha value is -0.570. The smallest absolute Gasteiger partial charge is 0.324 e. The maximum Gasteiger partial charge on any atom is 0.324 e. The molecule has 3 nitrogen and oxygen atoms in total. The van der Waals surface area contributed by atoms with Crippen molar-refractivity contribution in [3.8, 4) is 0 Å². The Balaban J connectivity index is 1.71. The van der Waals surface area contributed by atoms with Crippen LogP contribution in [0.1, 0.15) is 25.7 Å². The van der Waals surface area contributed by atoms with Crippen molar-refractivity contribution in [2.45, 2.75) is 31.2 Å². The van der Waals surface area contributed by atoms with Crippen LogP contribution in [0.3, 0.4) is 0 Å². The normalized spacial score (nSPS) is 34.3. The van der Waals surface area contributed by atoms with Gasteiger partial charge >= 0.3 is 5.97 Å². The van der Waals surface area contributed by atoms with Gasteiger partial charge in [-0.25, -0.2) is 0 Å². The van der Waals surface area contributed by atoms with Gasteiger partial charge in [-0.2, -0.15) is 0 Å². The molecule has 0 amide bonds. The fraction of sp³-hybridized carbons (Fsp3) is 0.889. The lowest BCUT2D eigenvalue weighted by Gasteiger charge is -2.44. The molecule has 66 valence electrons. The molecule has 0 aromatic heterocycles. The number of rotatable bonds is 2. The van der Waals surface area contributed by atoms with E-state index in [9.17, 15) is 4.79 Å². The van der Waals surface area contributed by atoms with Crippen molar-refractivity contribution in [3.63, 3.8) is 0 Å². The van der Waals surface area contributed by atoms with Crippen molar-refractivity contribution in [1.29, 1.82) is 0 Å². The molecular formula is C9H13NO2. The molecule has 0 atom stereocenters. The molecule has 1 spiro atoms. The van der Waals surface area contributed by atoms with Crippen molar-refractivity contribution in [2.75, 3.05) is 13.1 Å². The summed E-state index contributed by atoms with van der Waals surface area (Å²) < 4.78 is 0. The number of carboxylic acids is 1. The van der Waals surface area contributed by atoms with E-state index in [1.807, 2.05) is 0 Å². The topological polar surface area (TPSA) is 40.5 Å². The highest BCUT2D eigenvalue weighted by Gasteiger charge is 2.64. The van der Waals surface area contributed by atoms with Crippen LogP contribution in [0.2, 0.25) is 0 Å². The van der Waals surface area contributed by atoms with E-state index >= 15 is 0 Å². The largest absolute Gasteiger partial charge is 0.480 e. The van der Waals surface area contributed by atoms with Crippen LogP contribution in [0.15, 0.2) is 0 Å². The Labute approximate surface area is 71.4 Å². The fourth-order valence-electron chi connectivity index (χ4n) is 2.34. The third-order valence-corrected chi connectivity index (χ3v) is 3.74. The Bertz CT molecular complexity index is 245. The van der Waals surface area contributed by atoms with E-state index in [4.69, 9.17) is 5.11 Å². The van der Waals surface area contributed by atoms with Gasteiger partial charge in [0, 0.05) is 13.1 Å². The van der Waals surface area contributed by atoms with Crippen LogP contribution in [0.5, 0.6) is 0 Å². The summed E-state index contributed by atoms with van der Waals surface area (Å²) in [5.74, 6) is -0.599. The number of carboxylic acid groups (broad SMARTS) is 1. The van der Waals surface area contributed by atoms with Crippen LogP contribution in [-0.4, -0.2) is 34.6 Å². The fourth-order valence-corrected chi connectivity index (χ4v) is 2.34. The summed E-state index contributed by atoms with van der Waals surface area (Å²) in [6, 6.07) is 0. The van der Waals surface area contributed by atoms with Crippen LogP contribution in [-0.2, 0) is 4.79 Å². The van der Waals surface area contributed by atoms with Crippen LogP contribution in [0.4, 0.5) is 0 Å². The first-order valence-corrected chi connectivity index (χ1v) is 4.66.